The molecule has 1 N–H and O–H groups in total. The Morgan fingerprint density at radius 2 is 1.31 bits per heavy atom. The van der Waals surface area contributed by atoms with Crippen LogP contribution in [0.2, 0.25) is 0 Å². The van der Waals surface area contributed by atoms with Crippen LogP contribution in [0.15, 0.2) is 0 Å². The Balaban J connectivity index is 3.39. The van der Waals surface area contributed by atoms with E-state index < -0.39 is 71.2 Å². The molecule has 0 saturated carbocycles. The molecule has 1 aliphatic heterocycles. The van der Waals surface area contributed by atoms with Gasteiger partial charge in [0, 0.05) is 27.7 Å². The normalized spacial score (nSPS) is 26.9. The smallest absolute Gasteiger partial charge is 0.303 e. The van der Waals surface area contributed by atoms with Gasteiger partial charge in [-0.1, -0.05) is 0 Å². The van der Waals surface area contributed by atoms with Crippen molar-refractivity contribution in [2.24, 2.45) is 0 Å². The van der Waals surface area contributed by atoms with Crippen LogP contribution in [-0.4, -0.2) is 75.3 Å². The molecular weight excluding hydrogens is 414 g/mol. The highest BCUT2D eigenvalue weighted by molar-refractivity contribution is 7.89. The molecule has 0 aromatic heterocycles. The van der Waals surface area contributed by atoms with Gasteiger partial charge in [-0.15, -0.1) is 0 Å². The van der Waals surface area contributed by atoms with Crippen molar-refractivity contribution in [2.45, 2.75) is 65.3 Å². The summed E-state index contributed by atoms with van der Waals surface area (Å²) in [6.07, 6.45) is -6.97. The van der Waals surface area contributed by atoms with Crippen molar-refractivity contribution in [1.82, 2.24) is 4.72 Å². The van der Waals surface area contributed by atoms with Crippen molar-refractivity contribution in [1.29, 1.82) is 0 Å². The number of nitrogens with one attached hydrogen (secondary N) is 1. The largest absolute Gasteiger partial charge is 0.463 e. The number of ether oxygens (including phenoxy) is 5. The first-order chi connectivity index (χ1) is 13.4. The third kappa shape index (κ3) is 7.95. The van der Waals surface area contributed by atoms with Gasteiger partial charge in [0.1, 0.15) is 12.7 Å². The molecule has 0 radical (unpaired) electrons. The van der Waals surface area contributed by atoms with E-state index in [4.69, 9.17) is 23.7 Å². The molecule has 1 aliphatic rings. The van der Waals surface area contributed by atoms with Crippen LogP contribution in [0, 0.1) is 0 Å². The van der Waals surface area contributed by atoms with Gasteiger partial charge in [0.2, 0.25) is 10.0 Å². The van der Waals surface area contributed by atoms with E-state index in [9.17, 15) is 27.6 Å². The van der Waals surface area contributed by atoms with E-state index >= 15 is 0 Å². The molecule has 29 heavy (non-hydrogen) atoms. The van der Waals surface area contributed by atoms with E-state index in [0.717, 1.165) is 27.7 Å². The van der Waals surface area contributed by atoms with Gasteiger partial charge in [0.05, 0.1) is 5.75 Å². The fourth-order valence-corrected chi connectivity index (χ4v) is 3.29. The Hall–Kier alpha value is -2.25. The van der Waals surface area contributed by atoms with E-state index in [1.807, 2.05) is 0 Å². The molecule has 1 heterocycles. The summed E-state index contributed by atoms with van der Waals surface area (Å²) in [5.74, 6) is -3.41. The first-order valence-corrected chi connectivity index (χ1v) is 10.3. The van der Waals surface area contributed by atoms with Gasteiger partial charge in [-0.2, -0.15) is 4.72 Å². The van der Waals surface area contributed by atoms with Gasteiger partial charge in [-0.3, -0.25) is 19.2 Å². The monoisotopic (exact) mass is 439 g/mol. The number of sulfonamides is 1. The van der Waals surface area contributed by atoms with Crippen molar-refractivity contribution in [2.75, 3.05) is 12.4 Å². The summed E-state index contributed by atoms with van der Waals surface area (Å²) in [4.78, 5) is 46.0. The zero-order valence-electron chi connectivity index (χ0n) is 16.7. The van der Waals surface area contributed by atoms with Crippen molar-refractivity contribution in [3.8, 4) is 0 Å². The first kappa shape index (κ1) is 24.8. The van der Waals surface area contributed by atoms with Crippen molar-refractivity contribution >= 4 is 33.9 Å². The Kier molecular flexibility index (Phi) is 8.98. The Morgan fingerprint density at radius 1 is 0.828 bits per heavy atom. The number of hydrogen-bond donors (Lipinski definition) is 1. The molecule has 1 fully saturated rings. The van der Waals surface area contributed by atoms with Gasteiger partial charge in [-0.25, -0.2) is 8.42 Å². The molecule has 0 spiro atoms. The average molecular weight is 439 g/mol. The maximum absolute atomic E-state index is 12.0. The molecule has 13 heteroatoms. The second-order valence-corrected chi connectivity index (χ2v) is 8.18. The second kappa shape index (κ2) is 10.5. The number of carbonyl (C=O) groups is 4. The molecule has 0 aromatic rings. The lowest BCUT2D eigenvalue weighted by molar-refractivity contribution is -0.254. The van der Waals surface area contributed by atoms with Crippen LogP contribution in [0.25, 0.3) is 0 Å². The number of carbonyl (C=O) groups excluding carboxylic acids is 4. The van der Waals surface area contributed by atoms with Crippen molar-refractivity contribution < 1.29 is 51.3 Å². The number of rotatable bonds is 8. The molecule has 2 unspecified atom stereocenters. The summed E-state index contributed by atoms with van der Waals surface area (Å²) in [5, 5.41) is 0. The molecule has 12 nitrogen and oxygen atoms in total. The van der Waals surface area contributed by atoms with Gasteiger partial charge in [0.15, 0.2) is 24.5 Å². The summed E-state index contributed by atoms with van der Waals surface area (Å²) in [6.45, 7) is 5.27. The topological polar surface area (TPSA) is 161 Å². The van der Waals surface area contributed by atoms with Crippen molar-refractivity contribution in [3.05, 3.63) is 0 Å². The summed E-state index contributed by atoms with van der Waals surface area (Å²) < 4.78 is 52.3. The first-order valence-electron chi connectivity index (χ1n) is 8.66. The van der Waals surface area contributed by atoms with Crippen LogP contribution < -0.4 is 4.72 Å². The van der Waals surface area contributed by atoms with Crippen LogP contribution in [-0.2, 0) is 52.9 Å². The van der Waals surface area contributed by atoms with Gasteiger partial charge in [-0.05, 0) is 6.92 Å². The molecular formula is C16H25NO11S. The zero-order valence-corrected chi connectivity index (χ0v) is 17.5. The predicted molar refractivity (Wildman–Crippen MR) is 94.6 cm³/mol. The molecule has 1 rings (SSSR count). The lowest BCUT2D eigenvalue weighted by Crippen LogP contribution is -2.66. The number of hydrogen-bond acceptors (Lipinski definition) is 11. The minimum absolute atomic E-state index is 0.320. The van der Waals surface area contributed by atoms with Crippen LogP contribution in [0.4, 0.5) is 0 Å². The van der Waals surface area contributed by atoms with E-state index in [1.165, 1.54) is 6.92 Å². The Bertz CT molecular complexity index is 735. The summed E-state index contributed by atoms with van der Waals surface area (Å²) in [6, 6.07) is 0. The van der Waals surface area contributed by atoms with Crippen molar-refractivity contribution in [3.63, 3.8) is 0 Å². The Labute approximate surface area is 168 Å². The van der Waals surface area contributed by atoms with Crippen LogP contribution >= 0.6 is 0 Å². The summed E-state index contributed by atoms with van der Waals surface area (Å²) in [7, 11) is -3.86. The maximum atomic E-state index is 12.0. The molecule has 0 bridgehead atoms. The second-order valence-electron chi connectivity index (χ2n) is 6.14. The highest BCUT2D eigenvalue weighted by Gasteiger charge is 2.52. The van der Waals surface area contributed by atoms with Gasteiger partial charge >= 0.3 is 23.9 Å². The SMILES string of the molecule is CCS(=O)(=O)N[C@@H]1O[C@H](COC(C)=O)C(OC(C)=O)[C@H](OC(C)=O)C1OC(C)=O. The quantitative estimate of drug-likeness (QED) is 0.365. The maximum Gasteiger partial charge on any atom is 0.303 e. The van der Waals surface area contributed by atoms with Crippen LogP contribution in [0.5, 0.6) is 0 Å². The highest BCUT2D eigenvalue weighted by Crippen LogP contribution is 2.28. The summed E-state index contributed by atoms with van der Waals surface area (Å²) in [5.41, 5.74) is 0. The molecule has 166 valence electrons. The van der Waals surface area contributed by atoms with Gasteiger partial charge in [0.25, 0.3) is 0 Å². The zero-order chi connectivity index (χ0) is 22.4. The van der Waals surface area contributed by atoms with Crippen LogP contribution in [0.3, 0.4) is 0 Å². The molecule has 0 aromatic carbocycles. The highest BCUT2D eigenvalue weighted by atomic mass is 32.2. The van der Waals surface area contributed by atoms with E-state index in [-0.39, 0.29) is 5.75 Å². The van der Waals surface area contributed by atoms with Crippen LogP contribution in [0.1, 0.15) is 34.6 Å². The predicted octanol–water partition coefficient (Wildman–Crippen LogP) is -0.991. The van der Waals surface area contributed by atoms with E-state index in [2.05, 4.69) is 4.72 Å². The lowest BCUT2D eigenvalue weighted by atomic mass is 9.97. The fourth-order valence-electron chi connectivity index (χ4n) is 2.58. The fraction of sp³-hybridized carbons (Fsp3) is 0.750. The van der Waals surface area contributed by atoms with E-state index in [0.29, 0.717) is 0 Å². The molecule has 0 aliphatic carbocycles. The summed E-state index contributed by atoms with van der Waals surface area (Å²) >= 11 is 0. The average Bonchev–Trinajstić information content (AvgIpc) is 2.57. The third-order valence-corrected chi connectivity index (χ3v) is 5.02. The third-order valence-electron chi connectivity index (χ3n) is 3.67. The molecule has 5 atom stereocenters. The van der Waals surface area contributed by atoms with Gasteiger partial charge < -0.3 is 23.7 Å². The lowest BCUT2D eigenvalue weighted by Gasteiger charge is -2.44. The minimum Gasteiger partial charge on any atom is -0.463 e. The Morgan fingerprint density at radius 3 is 1.76 bits per heavy atom. The molecule has 1 saturated heterocycles. The minimum atomic E-state index is -3.86. The van der Waals surface area contributed by atoms with E-state index in [1.54, 1.807) is 0 Å². The standard InChI is InChI=1S/C16H25NO11S/c1-6-29(22,23)17-16-15(27-11(5)21)14(26-10(4)20)13(25-9(3)19)12(28-16)7-24-8(2)18/h12-17H,6-7H2,1-5H3/t12-,13?,14+,15?,16-/m1/s1. The number of esters is 4. The molecule has 0 amide bonds.